The lowest BCUT2D eigenvalue weighted by atomic mass is 10.3. The van der Waals surface area contributed by atoms with Crippen molar-refractivity contribution in [2.24, 2.45) is 0 Å². The minimum Gasteiger partial charge on any atom is -0.441 e. The molecule has 0 bridgehead atoms. The third-order valence-corrected chi connectivity index (χ3v) is 6.66. The molecular weight excluding hydrogens is 408 g/mol. The van der Waals surface area contributed by atoms with Crippen molar-refractivity contribution in [1.82, 2.24) is 9.97 Å². The number of hydrogen-bond acceptors (Lipinski definition) is 8. The van der Waals surface area contributed by atoms with Gasteiger partial charge in [-0.15, -0.1) is 11.3 Å². The zero-order valence-corrected chi connectivity index (χ0v) is 18.3. The van der Waals surface area contributed by atoms with Gasteiger partial charge in [-0.2, -0.15) is 0 Å². The molecule has 0 spiro atoms. The molecule has 1 amide bonds. The van der Waals surface area contributed by atoms with E-state index in [1.54, 1.807) is 25.4 Å². The summed E-state index contributed by atoms with van der Waals surface area (Å²) in [7, 11) is 1.70. The molecule has 29 heavy (non-hydrogen) atoms. The third-order valence-electron chi connectivity index (χ3n) is 4.46. The van der Waals surface area contributed by atoms with Crippen LogP contribution in [0.2, 0.25) is 0 Å². The van der Waals surface area contributed by atoms with Gasteiger partial charge in [-0.05, 0) is 38.1 Å². The highest BCUT2D eigenvalue weighted by Crippen LogP contribution is 2.35. The Labute approximate surface area is 176 Å². The molecule has 0 aliphatic rings. The highest BCUT2D eigenvalue weighted by Gasteiger charge is 2.19. The number of ether oxygens (including phenoxy) is 1. The Hall–Kier alpha value is -2.49. The summed E-state index contributed by atoms with van der Waals surface area (Å²) in [5.41, 5.74) is 2.12. The number of nitrogens with one attached hydrogen (secondary N) is 1. The van der Waals surface area contributed by atoms with Crippen LogP contribution in [0.25, 0.3) is 20.6 Å². The van der Waals surface area contributed by atoms with E-state index in [-0.39, 0.29) is 5.91 Å². The summed E-state index contributed by atoms with van der Waals surface area (Å²) < 4.78 is 11.7. The molecule has 0 aliphatic carbocycles. The minimum atomic E-state index is -0.151. The molecule has 3 heterocycles. The molecule has 4 aromatic rings. The van der Waals surface area contributed by atoms with Crippen LogP contribution in [0.15, 0.2) is 28.7 Å². The molecule has 0 unspecified atom stereocenters. The van der Waals surface area contributed by atoms with Crippen molar-refractivity contribution in [1.29, 1.82) is 0 Å². The van der Waals surface area contributed by atoms with E-state index in [1.807, 2.05) is 24.3 Å². The van der Waals surface area contributed by atoms with Gasteiger partial charge in [0.15, 0.2) is 16.6 Å². The monoisotopic (exact) mass is 430 g/mol. The molecular formula is C20H22N4O3S2. The Morgan fingerprint density at radius 2 is 2.10 bits per heavy atom. The Balaban J connectivity index is 1.52. The number of oxazole rings is 1. The molecule has 152 valence electrons. The normalized spacial score (nSPS) is 11.6. The SMILES string of the molecule is COCCN(c1nc2sc(C(=O)Nc3ccc4oc(C)nc4c3)cc2s1)C(C)C. The predicted octanol–water partition coefficient (Wildman–Crippen LogP) is 4.92. The standard InChI is InChI=1S/C20H22N4O3S2/c1-11(2)24(7-8-26-4)20-23-19-17(29-20)10-16(28-19)18(25)22-13-5-6-15-14(9-13)21-12(3)27-15/h5-6,9-11H,7-8H2,1-4H3,(H,22,25). The fourth-order valence-electron chi connectivity index (χ4n) is 3.04. The van der Waals surface area contributed by atoms with Crippen LogP contribution in [0.4, 0.5) is 10.8 Å². The van der Waals surface area contributed by atoms with Gasteiger partial charge in [0.05, 0.1) is 16.2 Å². The molecule has 1 aromatic carbocycles. The highest BCUT2D eigenvalue weighted by atomic mass is 32.1. The molecule has 0 saturated heterocycles. The number of hydrogen-bond donors (Lipinski definition) is 1. The van der Waals surface area contributed by atoms with Gasteiger partial charge in [0, 0.05) is 32.3 Å². The largest absolute Gasteiger partial charge is 0.441 e. The second-order valence-corrected chi connectivity index (χ2v) is 8.97. The maximum Gasteiger partial charge on any atom is 0.265 e. The fourth-order valence-corrected chi connectivity index (χ4v) is 5.30. The summed E-state index contributed by atoms with van der Waals surface area (Å²) in [6.07, 6.45) is 0. The average molecular weight is 431 g/mol. The molecule has 1 N–H and O–H groups in total. The van der Waals surface area contributed by atoms with Crippen LogP contribution < -0.4 is 10.2 Å². The quantitative estimate of drug-likeness (QED) is 0.448. The molecule has 0 radical (unpaired) electrons. The van der Waals surface area contributed by atoms with E-state index in [0.717, 1.165) is 26.7 Å². The van der Waals surface area contributed by atoms with Crippen LogP contribution >= 0.6 is 22.7 Å². The number of rotatable bonds is 7. The number of methoxy groups -OCH3 is 1. The second kappa shape index (κ2) is 8.10. The van der Waals surface area contributed by atoms with E-state index in [0.29, 0.717) is 34.7 Å². The number of anilines is 2. The Bertz CT molecular complexity index is 1130. The van der Waals surface area contributed by atoms with Gasteiger partial charge in [-0.3, -0.25) is 4.79 Å². The van der Waals surface area contributed by atoms with E-state index < -0.39 is 0 Å². The number of benzene rings is 1. The number of aryl methyl sites for hydroxylation is 1. The first-order valence-corrected chi connectivity index (χ1v) is 10.9. The summed E-state index contributed by atoms with van der Waals surface area (Å²) in [5.74, 6) is 0.450. The maximum atomic E-state index is 12.7. The second-order valence-electron chi connectivity index (χ2n) is 6.93. The maximum absolute atomic E-state index is 12.7. The molecule has 0 atom stereocenters. The van der Waals surface area contributed by atoms with Crippen LogP contribution in [-0.4, -0.2) is 42.2 Å². The van der Waals surface area contributed by atoms with Crippen LogP contribution in [0.3, 0.4) is 0 Å². The van der Waals surface area contributed by atoms with Gasteiger partial charge >= 0.3 is 0 Å². The van der Waals surface area contributed by atoms with Crippen LogP contribution in [-0.2, 0) is 4.74 Å². The van der Waals surface area contributed by atoms with Crippen LogP contribution in [0, 0.1) is 6.92 Å². The van der Waals surface area contributed by atoms with Gasteiger partial charge in [0.25, 0.3) is 5.91 Å². The number of nitrogens with zero attached hydrogens (tertiary/aromatic N) is 3. The number of carbonyl (C=O) groups is 1. The lowest BCUT2D eigenvalue weighted by molar-refractivity contribution is 0.103. The number of amides is 1. The zero-order chi connectivity index (χ0) is 20.5. The molecule has 0 saturated carbocycles. The molecule has 7 nitrogen and oxygen atoms in total. The van der Waals surface area contributed by atoms with E-state index in [2.05, 4.69) is 29.0 Å². The van der Waals surface area contributed by atoms with Crippen molar-refractivity contribution in [3.8, 4) is 0 Å². The summed E-state index contributed by atoms with van der Waals surface area (Å²) in [4.78, 5) is 25.5. The molecule has 0 aliphatic heterocycles. The Morgan fingerprint density at radius 1 is 1.28 bits per heavy atom. The smallest absolute Gasteiger partial charge is 0.265 e. The van der Waals surface area contributed by atoms with E-state index >= 15 is 0 Å². The summed E-state index contributed by atoms with van der Waals surface area (Å²) in [6, 6.07) is 7.67. The van der Waals surface area contributed by atoms with Crippen molar-refractivity contribution in [3.05, 3.63) is 35.0 Å². The van der Waals surface area contributed by atoms with Crippen molar-refractivity contribution in [2.45, 2.75) is 26.8 Å². The molecule has 3 aromatic heterocycles. The van der Waals surface area contributed by atoms with E-state index in [1.165, 1.54) is 11.3 Å². The molecule has 4 rings (SSSR count). The summed E-state index contributed by atoms with van der Waals surface area (Å²) in [5, 5.41) is 3.89. The van der Waals surface area contributed by atoms with Gasteiger partial charge in [-0.25, -0.2) is 9.97 Å². The van der Waals surface area contributed by atoms with Crippen LogP contribution in [0.5, 0.6) is 0 Å². The average Bonchev–Trinajstić information content (AvgIpc) is 3.33. The lowest BCUT2D eigenvalue weighted by Gasteiger charge is -2.25. The topological polar surface area (TPSA) is 80.5 Å². The fraction of sp³-hybridized carbons (Fsp3) is 0.350. The number of thiazole rings is 1. The van der Waals surface area contributed by atoms with Gasteiger partial charge in [0.2, 0.25) is 0 Å². The highest BCUT2D eigenvalue weighted by molar-refractivity contribution is 7.29. The number of carbonyl (C=O) groups excluding carboxylic acids is 1. The zero-order valence-electron chi connectivity index (χ0n) is 16.7. The van der Waals surface area contributed by atoms with E-state index in [9.17, 15) is 4.79 Å². The third kappa shape index (κ3) is 4.12. The molecule has 0 fully saturated rings. The lowest BCUT2D eigenvalue weighted by Crippen LogP contribution is -2.33. The first-order valence-electron chi connectivity index (χ1n) is 9.29. The van der Waals surface area contributed by atoms with Gasteiger partial charge in [-0.1, -0.05) is 11.3 Å². The number of thiophene rings is 1. The summed E-state index contributed by atoms with van der Waals surface area (Å²) in [6.45, 7) is 7.50. The first kappa shape index (κ1) is 19.8. The number of aromatic nitrogens is 2. The van der Waals surface area contributed by atoms with Crippen molar-refractivity contribution in [2.75, 3.05) is 30.5 Å². The van der Waals surface area contributed by atoms with Crippen molar-refractivity contribution in [3.63, 3.8) is 0 Å². The minimum absolute atomic E-state index is 0.151. The van der Waals surface area contributed by atoms with E-state index in [4.69, 9.17) is 14.1 Å². The number of fused-ring (bicyclic) bond motifs is 2. The Morgan fingerprint density at radius 3 is 2.83 bits per heavy atom. The van der Waals surface area contributed by atoms with Crippen molar-refractivity contribution < 1.29 is 13.9 Å². The summed E-state index contributed by atoms with van der Waals surface area (Å²) >= 11 is 3.00. The van der Waals surface area contributed by atoms with Crippen molar-refractivity contribution >= 4 is 60.0 Å². The molecule has 9 heteroatoms. The van der Waals surface area contributed by atoms with Gasteiger partial charge in [0.1, 0.15) is 10.3 Å². The Kier molecular flexibility index (Phi) is 5.53. The predicted molar refractivity (Wildman–Crippen MR) is 119 cm³/mol. The first-order chi connectivity index (χ1) is 13.9. The van der Waals surface area contributed by atoms with Gasteiger partial charge < -0.3 is 19.4 Å². The van der Waals surface area contributed by atoms with Crippen LogP contribution in [0.1, 0.15) is 29.4 Å².